The molecule has 1 aromatic heterocycles. The van der Waals surface area contributed by atoms with Crippen LogP contribution in [0.15, 0.2) is 30.7 Å². The van der Waals surface area contributed by atoms with Crippen molar-refractivity contribution in [2.24, 2.45) is 11.8 Å². The van der Waals surface area contributed by atoms with Gasteiger partial charge in [-0.05, 0) is 96.0 Å². The van der Waals surface area contributed by atoms with Gasteiger partial charge < -0.3 is 19.9 Å². The van der Waals surface area contributed by atoms with Crippen molar-refractivity contribution in [2.45, 2.75) is 65.0 Å². The van der Waals surface area contributed by atoms with Crippen molar-refractivity contribution in [3.63, 3.8) is 0 Å². The number of carbonyl (C=O) groups is 1. The molecule has 2 N–H and O–H groups in total. The average Bonchev–Trinajstić information content (AvgIpc) is 3.39. The maximum atomic E-state index is 14.2. The average molecular weight is 591 g/mol. The highest BCUT2D eigenvalue weighted by Gasteiger charge is 2.28. The lowest BCUT2D eigenvalue weighted by atomic mass is 9.86. The zero-order valence-electron chi connectivity index (χ0n) is 24.5. The summed E-state index contributed by atoms with van der Waals surface area (Å²) in [5.74, 6) is 1.55. The molecule has 2 heterocycles. The van der Waals surface area contributed by atoms with E-state index >= 15 is 0 Å². The number of halogens is 1. The Morgan fingerprint density at radius 2 is 1.88 bits per heavy atom. The minimum Gasteiger partial charge on any atom is -0.451 e. The van der Waals surface area contributed by atoms with Crippen LogP contribution in [0.2, 0.25) is 0 Å². The van der Waals surface area contributed by atoms with Gasteiger partial charge in [-0.2, -0.15) is 0 Å². The van der Waals surface area contributed by atoms with E-state index in [-0.39, 0.29) is 29.3 Å². The van der Waals surface area contributed by atoms with Crippen LogP contribution in [0, 0.1) is 17.7 Å². The summed E-state index contributed by atoms with van der Waals surface area (Å²) in [6, 6.07) is 4.00. The molecule has 12 heteroatoms. The molecule has 226 valence electrons. The molecule has 0 unspecified atom stereocenters. The van der Waals surface area contributed by atoms with E-state index in [9.17, 15) is 17.6 Å². The molecule has 1 atom stereocenters. The molecule has 4 rings (SSSR count). The number of nitrogens with zero attached hydrogens (tertiary/aromatic N) is 4. The lowest BCUT2D eigenvalue weighted by molar-refractivity contribution is 0.0713. The standard InChI is InChI=1S/C29H43FN6O4S/c1-5-36(20(2)3)29(37)25-14-23(30)8-11-26(25)40-27-17-32-19-33-28(27)35-13-12-22(18-35)16-31-15-21-6-9-24(10-7-21)34-41(4,38)39/h8,11,14,17,19-22,24,31,34H,5-7,9-10,12-13,15-16,18H2,1-4H3/t21?,22-,24?/m1/s1. The van der Waals surface area contributed by atoms with Gasteiger partial charge in [0.1, 0.15) is 17.9 Å². The Labute approximate surface area is 243 Å². The number of nitrogens with one attached hydrogen (secondary N) is 2. The molecular weight excluding hydrogens is 547 g/mol. The Kier molecular flexibility index (Phi) is 10.5. The molecule has 0 spiro atoms. The smallest absolute Gasteiger partial charge is 0.257 e. The summed E-state index contributed by atoms with van der Waals surface area (Å²) in [4.78, 5) is 25.7. The van der Waals surface area contributed by atoms with Gasteiger partial charge in [0.15, 0.2) is 11.6 Å². The number of amides is 1. The summed E-state index contributed by atoms with van der Waals surface area (Å²) in [5, 5.41) is 3.63. The first-order valence-corrected chi connectivity index (χ1v) is 16.4. The molecule has 41 heavy (non-hydrogen) atoms. The van der Waals surface area contributed by atoms with E-state index < -0.39 is 15.8 Å². The maximum Gasteiger partial charge on any atom is 0.257 e. The summed E-state index contributed by atoms with van der Waals surface area (Å²) in [5.41, 5.74) is 0.167. The summed E-state index contributed by atoms with van der Waals surface area (Å²) in [7, 11) is -3.15. The van der Waals surface area contributed by atoms with E-state index in [1.165, 1.54) is 30.8 Å². The van der Waals surface area contributed by atoms with Crippen molar-refractivity contribution < 1.29 is 22.3 Å². The van der Waals surface area contributed by atoms with Crippen molar-refractivity contribution in [1.82, 2.24) is 24.9 Å². The highest BCUT2D eigenvalue weighted by atomic mass is 32.2. The zero-order chi connectivity index (χ0) is 29.6. The van der Waals surface area contributed by atoms with Crippen molar-refractivity contribution in [2.75, 3.05) is 43.9 Å². The third-order valence-corrected chi connectivity index (χ3v) is 8.72. The number of benzene rings is 1. The Balaban J connectivity index is 1.34. The van der Waals surface area contributed by atoms with Gasteiger partial charge in [-0.15, -0.1) is 0 Å². The molecule has 1 amide bonds. The van der Waals surface area contributed by atoms with Gasteiger partial charge in [0.25, 0.3) is 5.91 Å². The maximum absolute atomic E-state index is 14.2. The van der Waals surface area contributed by atoms with Crippen LogP contribution in [0.5, 0.6) is 11.5 Å². The van der Waals surface area contributed by atoms with Crippen LogP contribution < -0.4 is 19.7 Å². The van der Waals surface area contributed by atoms with Gasteiger partial charge >= 0.3 is 0 Å². The number of anilines is 1. The van der Waals surface area contributed by atoms with Crippen molar-refractivity contribution in [3.8, 4) is 11.5 Å². The molecular formula is C29H43FN6O4S. The minimum atomic E-state index is -3.15. The number of aromatic nitrogens is 2. The number of rotatable bonds is 12. The van der Waals surface area contributed by atoms with E-state index in [1.54, 1.807) is 11.1 Å². The Morgan fingerprint density at radius 3 is 2.56 bits per heavy atom. The molecule has 1 aliphatic carbocycles. The van der Waals surface area contributed by atoms with Gasteiger partial charge in [-0.25, -0.2) is 27.5 Å². The van der Waals surface area contributed by atoms with Crippen LogP contribution >= 0.6 is 0 Å². The second-order valence-electron chi connectivity index (χ2n) is 11.5. The fourth-order valence-corrected chi connectivity index (χ4v) is 6.71. The summed E-state index contributed by atoms with van der Waals surface area (Å²) in [6.45, 7) is 9.67. The Bertz CT molecular complexity index is 1290. The fraction of sp³-hybridized carbons (Fsp3) is 0.621. The fourth-order valence-electron chi connectivity index (χ4n) is 5.87. The van der Waals surface area contributed by atoms with Crippen LogP contribution in [0.1, 0.15) is 63.2 Å². The number of hydrogen-bond donors (Lipinski definition) is 2. The second-order valence-corrected chi connectivity index (χ2v) is 13.3. The van der Waals surface area contributed by atoms with Crippen LogP contribution in [-0.4, -0.2) is 80.3 Å². The zero-order valence-corrected chi connectivity index (χ0v) is 25.3. The van der Waals surface area contributed by atoms with Gasteiger partial charge in [0, 0.05) is 31.7 Å². The highest BCUT2D eigenvalue weighted by molar-refractivity contribution is 7.88. The highest BCUT2D eigenvalue weighted by Crippen LogP contribution is 2.35. The van der Waals surface area contributed by atoms with Crippen LogP contribution in [0.25, 0.3) is 0 Å². The molecule has 0 radical (unpaired) electrons. The molecule has 1 saturated heterocycles. The summed E-state index contributed by atoms with van der Waals surface area (Å²) >= 11 is 0. The first-order valence-electron chi connectivity index (χ1n) is 14.5. The van der Waals surface area contributed by atoms with Crippen molar-refractivity contribution >= 4 is 21.7 Å². The quantitative estimate of drug-likeness (QED) is 0.384. The number of ether oxygens (including phenoxy) is 1. The van der Waals surface area contributed by atoms with E-state index in [0.29, 0.717) is 29.9 Å². The Morgan fingerprint density at radius 1 is 1.15 bits per heavy atom. The van der Waals surface area contributed by atoms with Gasteiger partial charge in [0.05, 0.1) is 18.0 Å². The van der Waals surface area contributed by atoms with E-state index in [2.05, 4.69) is 24.9 Å². The molecule has 10 nitrogen and oxygen atoms in total. The summed E-state index contributed by atoms with van der Waals surface area (Å²) < 4.78 is 46.1. The normalized spacial score (nSPS) is 21.3. The monoisotopic (exact) mass is 590 g/mol. The predicted octanol–water partition coefficient (Wildman–Crippen LogP) is 3.80. The lowest BCUT2D eigenvalue weighted by Gasteiger charge is -2.29. The van der Waals surface area contributed by atoms with Crippen molar-refractivity contribution in [3.05, 3.63) is 42.1 Å². The largest absolute Gasteiger partial charge is 0.451 e. The molecule has 1 aliphatic heterocycles. The first kappa shape index (κ1) is 31.1. The van der Waals surface area contributed by atoms with E-state index in [1.807, 2.05) is 20.8 Å². The van der Waals surface area contributed by atoms with E-state index in [0.717, 1.165) is 58.3 Å². The number of hydrogen-bond acceptors (Lipinski definition) is 8. The number of sulfonamides is 1. The summed E-state index contributed by atoms with van der Waals surface area (Å²) in [6.07, 6.45) is 9.07. The van der Waals surface area contributed by atoms with Crippen LogP contribution in [0.3, 0.4) is 0 Å². The minimum absolute atomic E-state index is 0.0405. The molecule has 2 aromatic rings. The first-order chi connectivity index (χ1) is 19.5. The molecule has 2 aliphatic rings. The van der Waals surface area contributed by atoms with Gasteiger partial charge in [0.2, 0.25) is 10.0 Å². The third kappa shape index (κ3) is 8.59. The predicted molar refractivity (Wildman–Crippen MR) is 157 cm³/mol. The third-order valence-electron chi connectivity index (χ3n) is 7.95. The molecule has 0 bridgehead atoms. The van der Waals surface area contributed by atoms with Gasteiger partial charge in [-0.1, -0.05) is 0 Å². The molecule has 1 aromatic carbocycles. The molecule has 2 fully saturated rings. The van der Waals surface area contributed by atoms with Gasteiger partial charge in [-0.3, -0.25) is 4.79 Å². The SMILES string of the molecule is CCN(C(=O)c1cc(F)ccc1Oc1cncnc1N1CC[C@H](CNCC2CCC(NS(C)(=O)=O)CC2)C1)C(C)C. The van der Waals surface area contributed by atoms with Crippen LogP contribution in [-0.2, 0) is 10.0 Å². The second kappa shape index (κ2) is 13.9. The topological polar surface area (TPSA) is 117 Å². The lowest BCUT2D eigenvalue weighted by Crippen LogP contribution is -2.39. The van der Waals surface area contributed by atoms with Crippen LogP contribution in [0.4, 0.5) is 10.2 Å². The van der Waals surface area contributed by atoms with Crippen molar-refractivity contribution in [1.29, 1.82) is 0 Å². The van der Waals surface area contributed by atoms with E-state index in [4.69, 9.17) is 4.74 Å². The Hall–Kier alpha value is -2.83. The number of carbonyl (C=O) groups excluding carboxylic acids is 1. The molecule has 1 saturated carbocycles.